The minimum Gasteiger partial charge on any atom is -0.387 e. The van der Waals surface area contributed by atoms with Gasteiger partial charge in [0.25, 0.3) is 0 Å². The molecule has 0 aliphatic heterocycles. The second kappa shape index (κ2) is 7.05. The van der Waals surface area contributed by atoms with Crippen molar-refractivity contribution in [2.75, 3.05) is 5.73 Å². The molecule has 0 aromatic carbocycles. The molecule has 4 rings (SSSR count). The highest BCUT2D eigenvalue weighted by molar-refractivity contribution is 5.95. The van der Waals surface area contributed by atoms with E-state index in [1.807, 2.05) is 36.4 Å². The highest BCUT2D eigenvalue weighted by Crippen LogP contribution is 2.31. The summed E-state index contributed by atoms with van der Waals surface area (Å²) in [6.07, 6.45) is 7.40. The maximum absolute atomic E-state index is 10.2. The van der Waals surface area contributed by atoms with Crippen molar-refractivity contribution in [3.8, 4) is 22.4 Å². The van der Waals surface area contributed by atoms with Crippen LogP contribution in [0.5, 0.6) is 0 Å². The largest absolute Gasteiger partial charge is 0.387 e. The van der Waals surface area contributed by atoms with E-state index < -0.39 is 6.10 Å². The minimum absolute atomic E-state index is 0.136. The zero-order chi connectivity index (χ0) is 19.8. The molecular weight excluding hydrogens is 354 g/mol. The standard InChI is InChI=1S/C20H23N7O/c1-4-18(28)17-6-16(25-20(21)26-17)15-9-23-19-14(15)5-12(7-22-19)13-8-24-27(10-13)11(2)3/h5-11,18,28H,4H2,1-3H3,(H,22,23)(H2,21,25,26). The lowest BCUT2D eigenvalue weighted by Crippen LogP contribution is -2.05. The number of anilines is 1. The Balaban J connectivity index is 1.81. The number of aromatic nitrogens is 6. The Morgan fingerprint density at radius 3 is 2.71 bits per heavy atom. The van der Waals surface area contributed by atoms with Crippen LogP contribution in [0.15, 0.2) is 36.9 Å². The van der Waals surface area contributed by atoms with Gasteiger partial charge in [-0.05, 0) is 32.4 Å². The lowest BCUT2D eigenvalue weighted by Gasteiger charge is -2.09. The van der Waals surface area contributed by atoms with Crippen LogP contribution in [0.1, 0.15) is 45.0 Å². The van der Waals surface area contributed by atoms with Gasteiger partial charge in [0.05, 0.1) is 23.7 Å². The lowest BCUT2D eigenvalue weighted by atomic mass is 10.1. The summed E-state index contributed by atoms with van der Waals surface area (Å²) in [6.45, 7) is 6.07. The summed E-state index contributed by atoms with van der Waals surface area (Å²) in [5.41, 5.74) is 10.6. The number of rotatable bonds is 5. The van der Waals surface area contributed by atoms with Crippen LogP contribution in [0.3, 0.4) is 0 Å². The number of H-pyrrole nitrogens is 1. The monoisotopic (exact) mass is 377 g/mol. The van der Waals surface area contributed by atoms with Crippen molar-refractivity contribution < 1.29 is 5.11 Å². The third-order valence-corrected chi connectivity index (χ3v) is 4.76. The molecule has 0 saturated heterocycles. The van der Waals surface area contributed by atoms with Crippen LogP contribution in [-0.4, -0.2) is 34.8 Å². The van der Waals surface area contributed by atoms with Gasteiger partial charge in [-0.2, -0.15) is 5.10 Å². The molecule has 8 heteroatoms. The number of nitrogens with zero attached hydrogens (tertiary/aromatic N) is 5. The second-order valence-electron chi connectivity index (χ2n) is 7.09. The molecule has 4 heterocycles. The number of hydrogen-bond donors (Lipinski definition) is 3. The molecule has 4 aromatic heterocycles. The van der Waals surface area contributed by atoms with Gasteiger partial charge in [0, 0.05) is 46.7 Å². The molecule has 1 atom stereocenters. The van der Waals surface area contributed by atoms with Crippen molar-refractivity contribution in [1.82, 2.24) is 29.7 Å². The first-order chi connectivity index (χ1) is 13.5. The third-order valence-electron chi connectivity index (χ3n) is 4.76. The van der Waals surface area contributed by atoms with Crippen LogP contribution in [0.25, 0.3) is 33.4 Å². The fourth-order valence-electron chi connectivity index (χ4n) is 3.15. The molecule has 28 heavy (non-hydrogen) atoms. The lowest BCUT2D eigenvalue weighted by molar-refractivity contribution is 0.169. The van der Waals surface area contributed by atoms with E-state index in [9.17, 15) is 5.11 Å². The van der Waals surface area contributed by atoms with E-state index in [4.69, 9.17) is 5.73 Å². The molecule has 1 unspecified atom stereocenters. The number of aliphatic hydroxyl groups excluding tert-OH is 1. The fraction of sp³-hybridized carbons (Fsp3) is 0.300. The summed E-state index contributed by atoms with van der Waals surface area (Å²) >= 11 is 0. The Kier molecular flexibility index (Phi) is 4.56. The van der Waals surface area contributed by atoms with E-state index in [0.29, 0.717) is 23.9 Å². The second-order valence-corrected chi connectivity index (χ2v) is 7.09. The highest BCUT2D eigenvalue weighted by atomic mass is 16.3. The van der Waals surface area contributed by atoms with Crippen LogP contribution in [-0.2, 0) is 0 Å². The number of nitrogens with two attached hydrogens (primary N) is 1. The number of aliphatic hydroxyl groups is 1. The van der Waals surface area contributed by atoms with E-state index in [-0.39, 0.29) is 5.95 Å². The van der Waals surface area contributed by atoms with Gasteiger partial charge in [0.15, 0.2) is 0 Å². The highest BCUT2D eigenvalue weighted by Gasteiger charge is 2.15. The smallest absolute Gasteiger partial charge is 0.220 e. The van der Waals surface area contributed by atoms with Gasteiger partial charge in [-0.25, -0.2) is 15.0 Å². The zero-order valence-corrected chi connectivity index (χ0v) is 16.1. The van der Waals surface area contributed by atoms with Gasteiger partial charge in [-0.15, -0.1) is 0 Å². The van der Waals surface area contributed by atoms with Gasteiger partial charge < -0.3 is 15.8 Å². The van der Waals surface area contributed by atoms with Gasteiger partial charge in [-0.3, -0.25) is 4.68 Å². The van der Waals surface area contributed by atoms with Crippen molar-refractivity contribution in [1.29, 1.82) is 0 Å². The Hall–Kier alpha value is -3.26. The summed E-state index contributed by atoms with van der Waals surface area (Å²) in [5.74, 6) is 0.136. The maximum Gasteiger partial charge on any atom is 0.220 e. The van der Waals surface area contributed by atoms with E-state index in [1.165, 1.54) is 0 Å². The van der Waals surface area contributed by atoms with Crippen LogP contribution in [0, 0.1) is 0 Å². The normalized spacial score (nSPS) is 12.8. The van der Waals surface area contributed by atoms with Gasteiger partial charge in [-0.1, -0.05) is 6.92 Å². The molecule has 8 nitrogen and oxygen atoms in total. The summed E-state index contributed by atoms with van der Waals surface area (Å²) in [4.78, 5) is 16.2. The van der Waals surface area contributed by atoms with Crippen molar-refractivity contribution in [3.05, 3.63) is 42.6 Å². The molecule has 0 fully saturated rings. The molecule has 0 spiro atoms. The Morgan fingerprint density at radius 1 is 1.18 bits per heavy atom. The summed E-state index contributed by atoms with van der Waals surface area (Å²) < 4.78 is 1.92. The van der Waals surface area contributed by atoms with E-state index >= 15 is 0 Å². The number of fused-ring (bicyclic) bond motifs is 1. The molecule has 0 saturated carbocycles. The predicted octanol–water partition coefficient (Wildman–Crippen LogP) is 3.49. The summed E-state index contributed by atoms with van der Waals surface area (Å²) in [7, 11) is 0. The number of nitrogens with one attached hydrogen (secondary N) is 1. The maximum atomic E-state index is 10.2. The van der Waals surface area contributed by atoms with Crippen molar-refractivity contribution >= 4 is 17.0 Å². The van der Waals surface area contributed by atoms with E-state index in [2.05, 4.69) is 44.9 Å². The fourth-order valence-corrected chi connectivity index (χ4v) is 3.15. The topological polar surface area (TPSA) is 119 Å². The first-order valence-electron chi connectivity index (χ1n) is 9.30. The molecular formula is C20H23N7O. The van der Waals surface area contributed by atoms with Crippen LogP contribution < -0.4 is 5.73 Å². The van der Waals surface area contributed by atoms with Gasteiger partial charge in [0.2, 0.25) is 5.95 Å². The summed E-state index contributed by atoms with van der Waals surface area (Å²) in [5, 5.41) is 15.5. The first kappa shape index (κ1) is 18.1. The van der Waals surface area contributed by atoms with Crippen LogP contribution >= 0.6 is 0 Å². The van der Waals surface area contributed by atoms with Gasteiger partial charge >= 0.3 is 0 Å². The Labute approximate surface area is 162 Å². The molecule has 0 amide bonds. The van der Waals surface area contributed by atoms with Crippen molar-refractivity contribution in [2.24, 2.45) is 0 Å². The summed E-state index contributed by atoms with van der Waals surface area (Å²) in [6, 6.07) is 4.13. The molecule has 4 aromatic rings. The van der Waals surface area contributed by atoms with E-state index in [0.717, 1.165) is 27.7 Å². The number of nitrogen functional groups attached to an aromatic ring is 1. The quantitative estimate of drug-likeness (QED) is 0.490. The number of pyridine rings is 1. The molecule has 4 N–H and O–H groups in total. The molecule has 0 aliphatic rings. The predicted molar refractivity (Wildman–Crippen MR) is 108 cm³/mol. The molecule has 0 bridgehead atoms. The first-order valence-corrected chi connectivity index (χ1v) is 9.30. The number of hydrogen-bond acceptors (Lipinski definition) is 6. The average molecular weight is 377 g/mol. The molecule has 0 radical (unpaired) electrons. The van der Waals surface area contributed by atoms with E-state index in [1.54, 1.807) is 6.07 Å². The van der Waals surface area contributed by atoms with Crippen molar-refractivity contribution in [3.63, 3.8) is 0 Å². The average Bonchev–Trinajstić information content (AvgIpc) is 3.33. The SMILES string of the molecule is CCC(O)c1cc(-c2c[nH]c3ncc(-c4cnn(C(C)C)c4)cc23)nc(N)n1. The van der Waals surface area contributed by atoms with Crippen LogP contribution in [0.2, 0.25) is 0 Å². The Morgan fingerprint density at radius 2 is 2.00 bits per heavy atom. The zero-order valence-electron chi connectivity index (χ0n) is 16.1. The Bertz CT molecular complexity index is 1130. The third kappa shape index (κ3) is 3.22. The molecule has 144 valence electrons. The van der Waals surface area contributed by atoms with Crippen LogP contribution in [0.4, 0.5) is 5.95 Å². The van der Waals surface area contributed by atoms with Crippen molar-refractivity contribution in [2.45, 2.75) is 39.3 Å². The minimum atomic E-state index is -0.676. The molecule has 0 aliphatic carbocycles. The number of aromatic amines is 1. The van der Waals surface area contributed by atoms with Gasteiger partial charge in [0.1, 0.15) is 5.65 Å².